The van der Waals surface area contributed by atoms with Gasteiger partial charge in [-0.05, 0) is 50.0 Å². The number of nitrogens with zero attached hydrogens (tertiary/aromatic N) is 3. The first-order valence-corrected chi connectivity index (χ1v) is 14.5. The molecule has 0 aromatic carbocycles. The molecule has 2 aliphatic rings. The molecule has 1 aromatic rings. The first kappa shape index (κ1) is 30.3. The predicted molar refractivity (Wildman–Crippen MR) is 142 cm³/mol. The molecule has 0 amide bonds. The van der Waals surface area contributed by atoms with Crippen LogP contribution in [0.2, 0.25) is 0 Å². The standard InChI is InChI=1S/C22H37N5O4S2.CH2O2/c28-33(29,19-5-1-4-10-24-22(32)25-20-8-11-23-12-9-20)27(21-6-2-3-7-21)31-18-15-26-13-16-30-17-14-26;2-1-3/h8-9,11-12,21H,1-7,10,13-19H2,(H2,23,24,25,32);1H,(H,2,3). The first-order chi connectivity index (χ1) is 17.5. The topological polar surface area (TPSA) is 133 Å². The van der Waals surface area contributed by atoms with E-state index in [9.17, 15) is 8.42 Å². The number of pyridine rings is 1. The van der Waals surface area contributed by atoms with E-state index in [4.69, 9.17) is 31.7 Å². The van der Waals surface area contributed by atoms with Crippen molar-refractivity contribution in [3.8, 4) is 0 Å². The second kappa shape index (κ2) is 17.5. The van der Waals surface area contributed by atoms with Crippen LogP contribution in [0.25, 0.3) is 0 Å². The van der Waals surface area contributed by atoms with E-state index in [0.717, 1.165) is 77.1 Å². The van der Waals surface area contributed by atoms with Crippen LogP contribution in [-0.2, 0) is 24.4 Å². The molecule has 2 fully saturated rings. The average molecular weight is 546 g/mol. The SMILES string of the molecule is O=CO.O=S(=O)(CCCCCNC(=S)Nc1ccncc1)N(OCCN1CCOCC1)C1CCCC1. The Hall–Kier alpha value is -1.90. The number of sulfonamides is 1. The van der Waals surface area contributed by atoms with Gasteiger partial charge in [0.1, 0.15) is 0 Å². The molecule has 1 saturated heterocycles. The minimum atomic E-state index is -3.45. The maximum atomic E-state index is 13.1. The summed E-state index contributed by atoms with van der Waals surface area (Å²) in [5, 5.41) is 13.7. The number of hydrogen-bond donors (Lipinski definition) is 3. The highest BCUT2D eigenvalue weighted by Crippen LogP contribution is 2.26. The molecule has 0 spiro atoms. The van der Waals surface area contributed by atoms with Crippen LogP contribution in [0.15, 0.2) is 24.5 Å². The molecule has 0 atom stereocenters. The molecule has 0 unspecified atom stereocenters. The fraction of sp³-hybridized carbons (Fsp3) is 0.696. The van der Waals surface area contributed by atoms with E-state index in [1.807, 2.05) is 12.1 Å². The molecule has 3 rings (SSSR count). The van der Waals surface area contributed by atoms with Crippen LogP contribution in [0.1, 0.15) is 44.9 Å². The minimum absolute atomic E-state index is 0.0296. The summed E-state index contributed by atoms with van der Waals surface area (Å²) >= 11 is 5.28. The highest BCUT2D eigenvalue weighted by Gasteiger charge is 2.33. The van der Waals surface area contributed by atoms with Gasteiger partial charge in [-0.15, -0.1) is 0 Å². The van der Waals surface area contributed by atoms with E-state index in [1.54, 1.807) is 12.4 Å². The number of nitrogens with one attached hydrogen (secondary N) is 2. The molecule has 2 heterocycles. The Kier molecular flexibility index (Phi) is 14.8. The van der Waals surface area contributed by atoms with Crippen LogP contribution in [0.3, 0.4) is 0 Å². The van der Waals surface area contributed by atoms with Gasteiger partial charge in [0.2, 0.25) is 10.0 Å². The number of aromatic nitrogens is 1. The fourth-order valence-electron chi connectivity index (χ4n) is 4.10. The van der Waals surface area contributed by atoms with Crippen molar-refractivity contribution < 1.29 is 27.9 Å². The lowest BCUT2D eigenvalue weighted by Gasteiger charge is -2.30. The molecule has 1 aliphatic heterocycles. The molecule has 204 valence electrons. The van der Waals surface area contributed by atoms with Gasteiger partial charge in [-0.1, -0.05) is 23.7 Å². The zero-order chi connectivity index (χ0) is 26.1. The molecule has 1 saturated carbocycles. The Labute approximate surface area is 219 Å². The van der Waals surface area contributed by atoms with Gasteiger partial charge in [0.15, 0.2) is 5.11 Å². The summed E-state index contributed by atoms with van der Waals surface area (Å²) in [4.78, 5) is 20.5. The fourth-order valence-corrected chi connectivity index (χ4v) is 5.97. The second-order valence-electron chi connectivity index (χ2n) is 8.58. The van der Waals surface area contributed by atoms with Gasteiger partial charge in [0.25, 0.3) is 6.47 Å². The van der Waals surface area contributed by atoms with E-state index in [-0.39, 0.29) is 18.3 Å². The van der Waals surface area contributed by atoms with E-state index < -0.39 is 10.0 Å². The first-order valence-electron chi connectivity index (χ1n) is 12.4. The molecule has 1 aliphatic carbocycles. The lowest BCUT2D eigenvalue weighted by molar-refractivity contribution is -0.122. The maximum absolute atomic E-state index is 13.1. The number of carboxylic acid groups (broad SMARTS) is 1. The Balaban J connectivity index is 0.00000145. The van der Waals surface area contributed by atoms with E-state index in [2.05, 4.69) is 20.5 Å². The molecule has 36 heavy (non-hydrogen) atoms. The summed E-state index contributed by atoms with van der Waals surface area (Å²) in [5.74, 6) is 0.112. The van der Waals surface area contributed by atoms with Crippen molar-refractivity contribution in [3.05, 3.63) is 24.5 Å². The highest BCUT2D eigenvalue weighted by molar-refractivity contribution is 7.88. The van der Waals surface area contributed by atoms with Crippen LogP contribution in [0.4, 0.5) is 5.69 Å². The van der Waals surface area contributed by atoms with Crippen molar-refractivity contribution in [2.24, 2.45) is 0 Å². The number of hydrogen-bond acceptors (Lipinski definition) is 8. The van der Waals surface area contributed by atoms with E-state index in [1.165, 1.54) is 4.47 Å². The molecule has 3 N–H and O–H groups in total. The zero-order valence-electron chi connectivity index (χ0n) is 20.7. The van der Waals surface area contributed by atoms with Crippen molar-refractivity contribution in [3.63, 3.8) is 0 Å². The smallest absolute Gasteiger partial charge is 0.290 e. The van der Waals surface area contributed by atoms with Crippen molar-refractivity contribution in [1.29, 1.82) is 0 Å². The third-order valence-electron chi connectivity index (χ3n) is 5.93. The molecule has 11 nitrogen and oxygen atoms in total. The van der Waals surface area contributed by atoms with Gasteiger partial charge in [0.05, 0.1) is 31.6 Å². The summed E-state index contributed by atoms with van der Waals surface area (Å²) in [6, 6.07) is 3.66. The quantitative estimate of drug-likeness (QED) is 0.146. The van der Waals surface area contributed by atoms with E-state index >= 15 is 0 Å². The Morgan fingerprint density at radius 2 is 1.89 bits per heavy atom. The second-order valence-corrected chi connectivity index (χ2v) is 10.9. The number of ether oxygens (including phenoxy) is 1. The number of anilines is 1. The predicted octanol–water partition coefficient (Wildman–Crippen LogP) is 2.08. The highest BCUT2D eigenvalue weighted by atomic mass is 32.2. The van der Waals surface area contributed by atoms with Crippen LogP contribution >= 0.6 is 12.2 Å². The van der Waals surface area contributed by atoms with Crippen LogP contribution in [0.5, 0.6) is 0 Å². The van der Waals surface area contributed by atoms with Crippen LogP contribution in [-0.4, -0.2) is 97.3 Å². The number of morpholine rings is 1. The third-order valence-corrected chi connectivity index (χ3v) is 7.93. The van der Waals surface area contributed by atoms with Gasteiger partial charge >= 0.3 is 0 Å². The monoisotopic (exact) mass is 545 g/mol. The number of unbranched alkanes of at least 4 members (excludes halogenated alkanes) is 2. The summed E-state index contributed by atoms with van der Waals surface area (Å²) in [6.45, 7) is 4.75. The van der Waals surface area contributed by atoms with Gasteiger partial charge < -0.3 is 20.5 Å². The number of carbonyl (C=O) groups is 1. The van der Waals surface area contributed by atoms with Crippen LogP contribution < -0.4 is 10.6 Å². The largest absolute Gasteiger partial charge is 0.483 e. The van der Waals surface area contributed by atoms with Crippen molar-refractivity contribution in [1.82, 2.24) is 19.7 Å². The normalized spacial score (nSPS) is 16.8. The summed E-state index contributed by atoms with van der Waals surface area (Å²) in [7, 11) is -3.45. The lowest BCUT2D eigenvalue weighted by atomic mass is 10.2. The number of rotatable bonds is 13. The lowest BCUT2D eigenvalue weighted by Crippen LogP contribution is -2.43. The molecule has 13 heteroatoms. The molecular formula is C23H39N5O6S2. The van der Waals surface area contributed by atoms with Crippen molar-refractivity contribution in [2.45, 2.75) is 51.0 Å². The number of thiocarbonyl (C=S) groups is 1. The van der Waals surface area contributed by atoms with Crippen molar-refractivity contribution >= 4 is 39.5 Å². The van der Waals surface area contributed by atoms with Gasteiger partial charge in [-0.2, -0.15) is 0 Å². The van der Waals surface area contributed by atoms with Crippen LogP contribution in [0, 0.1) is 0 Å². The molecule has 0 bridgehead atoms. The average Bonchev–Trinajstić information content (AvgIpc) is 3.40. The molecule has 1 aromatic heterocycles. The maximum Gasteiger partial charge on any atom is 0.290 e. The minimum Gasteiger partial charge on any atom is -0.483 e. The van der Waals surface area contributed by atoms with Gasteiger partial charge in [-0.25, -0.2) is 8.42 Å². The van der Waals surface area contributed by atoms with Gasteiger partial charge in [0, 0.05) is 44.3 Å². The number of hydroxylamine groups is 1. The molecular weight excluding hydrogens is 506 g/mol. The van der Waals surface area contributed by atoms with E-state index in [0.29, 0.717) is 24.7 Å². The molecule has 0 radical (unpaired) electrons. The van der Waals surface area contributed by atoms with Gasteiger partial charge in [-0.3, -0.25) is 19.5 Å². The Morgan fingerprint density at radius 3 is 2.56 bits per heavy atom. The zero-order valence-corrected chi connectivity index (χ0v) is 22.4. The van der Waals surface area contributed by atoms with Crippen molar-refractivity contribution in [2.75, 3.05) is 57.1 Å². The Bertz CT molecular complexity index is 850. The third kappa shape index (κ3) is 11.9. The summed E-state index contributed by atoms with van der Waals surface area (Å²) in [6.07, 6.45) is 9.52. The summed E-state index contributed by atoms with van der Waals surface area (Å²) in [5.41, 5.74) is 0.884. The Morgan fingerprint density at radius 1 is 1.22 bits per heavy atom. The summed E-state index contributed by atoms with van der Waals surface area (Å²) < 4.78 is 32.8.